The van der Waals surface area contributed by atoms with Gasteiger partial charge in [-0.25, -0.2) is 4.21 Å². The highest BCUT2D eigenvalue weighted by molar-refractivity contribution is 7.78. The Morgan fingerprint density at radius 2 is 1.95 bits per heavy atom. The van der Waals surface area contributed by atoms with E-state index in [1.54, 1.807) is 6.07 Å². The molecule has 0 aromatic heterocycles. The molecule has 1 aliphatic rings. The van der Waals surface area contributed by atoms with Gasteiger partial charge in [0.15, 0.2) is 11.1 Å². The van der Waals surface area contributed by atoms with E-state index in [1.807, 2.05) is 24.0 Å². The minimum absolute atomic E-state index is 0.0757. The van der Waals surface area contributed by atoms with Crippen molar-refractivity contribution in [3.63, 3.8) is 0 Å². The van der Waals surface area contributed by atoms with Gasteiger partial charge in [0, 0.05) is 44.0 Å². The van der Waals surface area contributed by atoms with Gasteiger partial charge < -0.3 is 20.1 Å². The fraction of sp³-hybridized carbons (Fsp3) is 0.500. The number of nitrogens with two attached hydrogens (primary N) is 1. The minimum Gasteiger partial charge on any atom is -0.399 e. The molecular weight excluding hydrogens is 290 g/mol. The van der Waals surface area contributed by atoms with Crippen LogP contribution in [-0.4, -0.2) is 45.7 Å². The molecule has 7 heteroatoms. The van der Waals surface area contributed by atoms with Gasteiger partial charge in [-0.1, -0.05) is 6.92 Å². The van der Waals surface area contributed by atoms with Gasteiger partial charge in [-0.05, 0) is 23.8 Å². The average Bonchev–Trinajstić information content (AvgIpc) is 2.45. The van der Waals surface area contributed by atoms with Crippen LogP contribution in [-0.2, 0) is 21.6 Å². The lowest BCUT2D eigenvalue weighted by atomic mass is 10.1. The standard InChI is InChI=1S/C14H21N3O3S/c1-2-14(18)17-5-3-16(4-6-17)13-8-11(10-21(19)20)7-12(15)9-13/h7-9H,2-6,10,15H2,1H3,(H,19,20). The van der Waals surface area contributed by atoms with E-state index in [1.165, 1.54) is 0 Å². The third-order valence-corrected chi connectivity index (χ3v) is 4.17. The van der Waals surface area contributed by atoms with Crippen LogP contribution >= 0.6 is 0 Å². The Morgan fingerprint density at radius 1 is 1.29 bits per heavy atom. The van der Waals surface area contributed by atoms with E-state index in [-0.39, 0.29) is 11.7 Å². The molecule has 0 radical (unpaired) electrons. The fourth-order valence-corrected chi connectivity index (χ4v) is 3.00. The van der Waals surface area contributed by atoms with Gasteiger partial charge in [0.2, 0.25) is 5.91 Å². The van der Waals surface area contributed by atoms with Gasteiger partial charge in [-0.15, -0.1) is 0 Å². The molecule has 1 heterocycles. The Morgan fingerprint density at radius 3 is 2.52 bits per heavy atom. The molecule has 0 saturated carbocycles. The molecule has 3 N–H and O–H groups in total. The first kappa shape index (κ1) is 15.8. The number of hydrogen-bond acceptors (Lipinski definition) is 4. The summed E-state index contributed by atoms with van der Waals surface area (Å²) in [5, 5.41) is 0. The van der Waals surface area contributed by atoms with Crippen LogP contribution in [0.3, 0.4) is 0 Å². The predicted octanol–water partition coefficient (Wildman–Crippen LogP) is 1.05. The Balaban J connectivity index is 2.07. The van der Waals surface area contributed by atoms with Crippen LogP contribution in [0.15, 0.2) is 18.2 Å². The average molecular weight is 311 g/mol. The van der Waals surface area contributed by atoms with Crippen molar-refractivity contribution in [3.8, 4) is 0 Å². The van der Waals surface area contributed by atoms with Crippen molar-refractivity contribution in [2.24, 2.45) is 0 Å². The summed E-state index contributed by atoms with van der Waals surface area (Å²) in [7, 11) is 0. The van der Waals surface area contributed by atoms with Crippen molar-refractivity contribution in [3.05, 3.63) is 23.8 Å². The minimum atomic E-state index is -1.88. The molecule has 1 aliphatic heterocycles. The first-order valence-corrected chi connectivity index (χ1v) is 8.26. The molecule has 2 rings (SSSR count). The summed E-state index contributed by atoms with van der Waals surface area (Å²) in [5.41, 5.74) is 8.14. The number of nitrogens with zero attached hydrogens (tertiary/aromatic N) is 2. The van der Waals surface area contributed by atoms with Gasteiger partial charge in [-0.2, -0.15) is 0 Å². The summed E-state index contributed by atoms with van der Waals surface area (Å²) in [6.45, 7) is 4.76. The van der Waals surface area contributed by atoms with E-state index < -0.39 is 11.1 Å². The van der Waals surface area contributed by atoms with Crippen molar-refractivity contribution < 1.29 is 13.6 Å². The summed E-state index contributed by atoms with van der Waals surface area (Å²) >= 11 is -1.88. The zero-order valence-electron chi connectivity index (χ0n) is 12.1. The van der Waals surface area contributed by atoms with Crippen molar-refractivity contribution in [1.82, 2.24) is 4.90 Å². The summed E-state index contributed by atoms with van der Waals surface area (Å²) in [5.74, 6) is 0.255. The molecule has 1 aromatic carbocycles. The maximum Gasteiger partial charge on any atom is 0.222 e. The molecular formula is C14H21N3O3S. The summed E-state index contributed by atoms with van der Waals surface area (Å²) in [6.07, 6.45) is 0.532. The number of piperazine rings is 1. The smallest absolute Gasteiger partial charge is 0.222 e. The van der Waals surface area contributed by atoms with Gasteiger partial charge in [0.25, 0.3) is 0 Å². The second-order valence-corrected chi connectivity index (χ2v) is 6.05. The number of carbonyl (C=O) groups is 1. The molecule has 1 fully saturated rings. The lowest BCUT2D eigenvalue weighted by molar-refractivity contribution is -0.131. The van der Waals surface area contributed by atoms with Crippen molar-refractivity contribution in [2.75, 3.05) is 36.8 Å². The molecule has 1 atom stereocenters. The lowest BCUT2D eigenvalue weighted by Gasteiger charge is -2.36. The van der Waals surface area contributed by atoms with E-state index in [0.717, 1.165) is 24.3 Å². The molecule has 1 saturated heterocycles. The molecule has 6 nitrogen and oxygen atoms in total. The van der Waals surface area contributed by atoms with E-state index >= 15 is 0 Å². The Hall–Kier alpha value is -1.60. The van der Waals surface area contributed by atoms with Crippen LogP contribution in [0.25, 0.3) is 0 Å². The van der Waals surface area contributed by atoms with Crippen molar-refractivity contribution in [1.29, 1.82) is 0 Å². The van der Waals surface area contributed by atoms with Crippen LogP contribution in [0, 0.1) is 0 Å². The van der Waals surface area contributed by atoms with Crippen LogP contribution in [0.2, 0.25) is 0 Å². The van der Waals surface area contributed by atoms with E-state index in [4.69, 9.17) is 10.3 Å². The zero-order valence-corrected chi connectivity index (χ0v) is 12.9. The van der Waals surface area contributed by atoms with Crippen LogP contribution in [0.4, 0.5) is 11.4 Å². The first-order valence-electron chi connectivity index (χ1n) is 6.99. The molecule has 1 amide bonds. The molecule has 1 unspecified atom stereocenters. The number of carbonyl (C=O) groups excluding carboxylic acids is 1. The highest BCUT2D eigenvalue weighted by Gasteiger charge is 2.20. The van der Waals surface area contributed by atoms with Crippen LogP contribution in [0.5, 0.6) is 0 Å². The van der Waals surface area contributed by atoms with Crippen molar-refractivity contribution in [2.45, 2.75) is 19.1 Å². The highest BCUT2D eigenvalue weighted by atomic mass is 32.2. The van der Waals surface area contributed by atoms with Crippen molar-refractivity contribution >= 4 is 28.4 Å². The molecule has 116 valence electrons. The Kier molecular flexibility index (Phi) is 5.19. The zero-order chi connectivity index (χ0) is 15.4. The quantitative estimate of drug-likeness (QED) is 0.641. The second kappa shape index (κ2) is 6.91. The Bertz CT molecular complexity index is 542. The maximum atomic E-state index is 11.7. The van der Waals surface area contributed by atoms with E-state index in [0.29, 0.717) is 25.2 Å². The summed E-state index contributed by atoms with van der Waals surface area (Å²) in [4.78, 5) is 15.7. The number of hydrogen-bond donors (Lipinski definition) is 2. The molecule has 0 aliphatic carbocycles. The monoisotopic (exact) mass is 311 g/mol. The SMILES string of the molecule is CCC(=O)N1CCN(c2cc(N)cc(CS(=O)O)c2)CC1. The van der Waals surface area contributed by atoms with E-state index in [2.05, 4.69) is 4.90 Å². The summed E-state index contributed by atoms with van der Waals surface area (Å²) < 4.78 is 19.9. The normalized spacial score (nSPS) is 16.9. The van der Waals surface area contributed by atoms with Gasteiger partial charge >= 0.3 is 0 Å². The van der Waals surface area contributed by atoms with Gasteiger partial charge in [-0.3, -0.25) is 4.79 Å². The molecule has 0 spiro atoms. The van der Waals surface area contributed by atoms with Gasteiger partial charge in [0.05, 0.1) is 5.75 Å². The summed E-state index contributed by atoms with van der Waals surface area (Å²) in [6, 6.07) is 5.47. The third kappa shape index (κ3) is 4.18. The van der Waals surface area contributed by atoms with E-state index in [9.17, 15) is 9.00 Å². The third-order valence-electron chi connectivity index (χ3n) is 3.59. The number of anilines is 2. The maximum absolute atomic E-state index is 11.7. The van der Waals surface area contributed by atoms with Gasteiger partial charge in [0.1, 0.15) is 0 Å². The fourth-order valence-electron chi connectivity index (χ4n) is 2.55. The number of benzene rings is 1. The molecule has 21 heavy (non-hydrogen) atoms. The second-order valence-electron chi connectivity index (χ2n) is 5.12. The number of rotatable bonds is 4. The molecule has 0 bridgehead atoms. The number of amides is 1. The molecule has 1 aromatic rings. The number of nitrogen functional groups attached to an aromatic ring is 1. The Labute approximate surface area is 127 Å². The largest absolute Gasteiger partial charge is 0.399 e. The first-order chi connectivity index (χ1) is 9.99. The highest BCUT2D eigenvalue weighted by Crippen LogP contribution is 2.23. The van der Waals surface area contributed by atoms with Crippen LogP contribution in [0.1, 0.15) is 18.9 Å². The lowest BCUT2D eigenvalue weighted by Crippen LogP contribution is -2.48. The van der Waals surface area contributed by atoms with Crippen LogP contribution < -0.4 is 10.6 Å². The topological polar surface area (TPSA) is 86.9 Å². The predicted molar refractivity (Wildman–Crippen MR) is 84.4 cm³/mol.